The van der Waals surface area contributed by atoms with Crippen molar-refractivity contribution in [3.8, 4) is 11.5 Å². The maximum absolute atomic E-state index is 13.7. The normalized spacial score (nSPS) is 12.6. The molecule has 172 valence electrons. The van der Waals surface area contributed by atoms with Gasteiger partial charge in [-0.3, -0.25) is 9.13 Å². The van der Waals surface area contributed by atoms with Crippen LogP contribution in [0.3, 0.4) is 0 Å². The summed E-state index contributed by atoms with van der Waals surface area (Å²) in [5, 5.41) is -0.494. The number of hydrogen-bond donors (Lipinski definition) is 0. The topological polar surface area (TPSA) is 124 Å². The van der Waals surface area contributed by atoms with Crippen molar-refractivity contribution in [3.05, 3.63) is 36.4 Å². The highest BCUT2D eigenvalue weighted by Gasteiger charge is 2.38. The molecule has 2 aromatic carbocycles. The second-order valence-electron chi connectivity index (χ2n) is 5.90. The highest BCUT2D eigenvalue weighted by molar-refractivity contribution is 7.93. The molecule has 0 aliphatic rings. The fourth-order valence-corrected chi connectivity index (χ4v) is 7.93. The highest BCUT2D eigenvalue weighted by atomic mass is 32.2. The van der Waals surface area contributed by atoms with Gasteiger partial charge in [-0.25, -0.2) is 8.42 Å². The predicted molar refractivity (Wildman–Crippen MR) is 114 cm³/mol. The number of rotatable bonds is 10. The number of sulfone groups is 1. The molecule has 0 heterocycles. The number of hydrogen-bond acceptors (Lipinski definition) is 10. The Hall–Kier alpha value is -1.71. The lowest BCUT2D eigenvalue weighted by Gasteiger charge is -2.21. The first-order valence-corrected chi connectivity index (χ1v) is 13.2. The van der Waals surface area contributed by atoms with Gasteiger partial charge in [0.25, 0.3) is 0 Å². The van der Waals surface area contributed by atoms with Gasteiger partial charge in [0.1, 0.15) is 11.5 Å². The van der Waals surface area contributed by atoms with Gasteiger partial charge in [0.05, 0.1) is 34.6 Å². The zero-order valence-electron chi connectivity index (χ0n) is 17.8. The van der Waals surface area contributed by atoms with Gasteiger partial charge in [0.15, 0.2) is 0 Å². The molecule has 0 aromatic heterocycles. The molecule has 2 rings (SSSR count). The first kappa shape index (κ1) is 25.5. The van der Waals surface area contributed by atoms with E-state index in [0.29, 0.717) is 0 Å². The molecule has 0 atom stereocenters. The molecule has 0 amide bonds. The summed E-state index contributed by atoms with van der Waals surface area (Å²) in [6.45, 7) is 0. The van der Waals surface area contributed by atoms with Crippen molar-refractivity contribution >= 4 is 35.6 Å². The summed E-state index contributed by atoms with van der Waals surface area (Å²) in [4.78, 5) is -0.768. The van der Waals surface area contributed by atoms with E-state index in [0.717, 1.165) is 28.4 Å². The summed E-state index contributed by atoms with van der Waals surface area (Å²) < 4.78 is 83.9. The molecular weight excluding hydrogens is 470 g/mol. The van der Waals surface area contributed by atoms with Gasteiger partial charge in [-0.05, 0) is 36.4 Å². The summed E-state index contributed by atoms with van der Waals surface area (Å²) in [7, 11) is -5.24. The number of benzene rings is 2. The Morgan fingerprint density at radius 2 is 0.935 bits per heavy atom. The second kappa shape index (κ2) is 9.83. The third kappa shape index (κ3) is 4.73. The third-order valence-corrected chi connectivity index (χ3v) is 10.5. The van der Waals surface area contributed by atoms with Crippen molar-refractivity contribution in [3.63, 3.8) is 0 Å². The van der Waals surface area contributed by atoms with Crippen LogP contribution in [0.1, 0.15) is 0 Å². The molecule has 0 saturated carbocycles. The minimum absolute atomic E-state index is 0.234. The molecule has 0 N–H and O–H groups in total. The molecule has 0 radical (unpaired) electrons. The lowest BCUT2D eigenvalue weighted by molar-refractivity contribution is 0.286. The van der Waals surface area contributed by atoms with Gasteiger partial charge in [-0.15, -0.1) is 0 Å². The Morgan fingerprint density at radius 1 is 0.613 bits per heavy atom. The molecule has 31 heavy (non-hydrogen) atoms. The lowest BCUT2D eigenvalue weighted by atomic mass is 10.3. The van der Waals surface area contributed by atoms with Crippen molar-refractivity contribution in [2.75, 3.05) is 42.7 Å². The van der Waals surface area contributed by atoms with Crippen LogP contribution in [-0.4, -0.2) is 51.1 Å². The molecule has 2 aromatic rings. The van der Waals surface area contributed by atoms with E-state index in [1.165, 1.54) is 50.6 Å². The molecule has 0 bridgehead atoms. The molecule has 0 aliphatic heterocycles. The van der Waals surface area contributed by atoms with Gasteiger partial charge in [0, 0.05) is 28.4 Å². The van der Waals surface area contributed by atoms with Crippen LogP contribution in [0.25, 0.3) is 0 Å². The molecule has 0 unspecified atom stereocenters. The summed E-state index contributed by atoms with van der Waals surface area (Å²) in [5.41, 5.74) is 0. The van der Waals surface area contributed by atoms with Crippen LogP contribution >= 0.6 is 15.2 Å². The summed E-state index contributed by atoms with van der Waals surface area (Å²) >= 11 is 0. The van der Waals surface area contributed by atoms with E-state index in [2.05, 4.69) is 0 Å². The smallest absolute Gasteiger partial charge is 0.362 e. The Bertz CT molecular complexity index is 1050. The van der Waals surface area contributed by atoms with Gasteiger partial charge in [0.2, 0.25) is 9.84 Å². The zero-order chi connectivity index (χ0) is 23.4. The molecule has 10 nitrogen and oxygen atoms in total. The van der Waals surface area contributed by atoms with Crippen molar-refractivity contribution in [2.45, 2.75) is 9.79 Å². The Balaban J connectivity index is 2.92. The van der Waals surface area contributed by atoms with Gasteiger partial charge in [-0.1, -0.05) is 0 Å². The van der Waals surface area contributed by atoms with Gasteiger partial charge >= 0.3 is 15.2 Å². The minimum atomic E-state index is -4.43. The van der Waals surface area contributed by atoms with Crippen molar-refractivity contribution in [2.24, 2.45) is 0 Å². The number of methoxy groups -OCH3 is 2. The predicted octanol–water partition coefficient (Wildman–Crippen LogP) is 2.76. The van der Waals surface area contributed by atoms with Crippen LogP contribution in [0.15, 0.2) is 46.2 Å². The average Bonchev–Trinajstić information content (AvgIpc) is 2.81. The Kier molecular flexibility index (Phi) is 8.10. The number of ether oxygens (including phenoxy) is 2. The van der Waals surface area contributed by atoms with E-state index in [1.807, 2.05) is 0 Å². The largest absolute Gasteiger partial charge is 0.497 e. The quantitative estimate of drug-likeness (QED) is 0.456. The van der Waals surface area contributed by atoms with Crippen LogP contribution in [0.4, 0.5) is 0 Å². The van der Waals surface area contributed by atoms with E-state index >= 15 is 0 Å². The monoisotopic (exact) mass is 494 g/mol. The SMILES string of the molecule is COc1ccc(S(=O)(=O)c2ccc(OC)cc2P(=O)(OC)OC)c(P(=O)(OC)OC)c1. The minimum Gasteiger partial charge on any atom is -0.497 e. The highest BCUT2D eigenvalue weighted by Crippen LogP contribution is 2.50. The molecule has 0 saturated heterocycles. The first-order valence-electron chi connectivity index (χ1n) is 8.62. The van der Waals surface area contributed by atoms with Crippen molar-refractivity contribution in [1.29, 1.82) is 0 Å². The lowest BCUT2D eigenvalue weighted by Crippen LogP contribution is -2.23. The Labute approximate surface area is 181 Å². The molecule has 13 heteroatoms. The average molecular weight is 494 g/mol. The van der Waals surface area contributed by atoms with Crippen LogP contribution in [-0.2, 0) is 37.1 Å². The summed E-state index contributed by atoms with van der Waals surface area (Å²) in [6, 6.07) is 7.65. The Morgan fingerprint density at radius 3 is 1.19 bits per heavy atom. The van der Waals surface area contributed by atoms with Crippen LogP contribution in [0.2, 0.25) is 0 Å². The summed E-state index contributed by atoms with van der Waals surface area (Å²) in [5.74, 6) is 0.468. The summed E-state index contributed by atoms with van der Waals surface area (Å²) in [6.07, 6.45) is 0. The maximum atomic E-state index is 13.7. The fraction of sp³-hybridized carbons (Fsp3) is 0.333. The van der Waals surface area contributed by atoms with E-state index < -0.39 is 25.0 Å². The van der Waals surface area contributed by atoms with Crippen molar-refractivity contribution in [1.82, 2.24) is 0 Å². The molecular formula is C18H24O10P2S. The molecule has 0 aliphatic carbocycles. The van der Waals surface area contributed by atoms with E-state index in [4.69, 9.17) is 27.6 Å². The van der Waals surface area contributed by atoms with Gasteiger partial charge < -0.3 is 27.6 Å². The van der Waals surface area contributed by atoms with Gasteiger partial charge in [-0.2, -0.15) is 0 Å². The standard InChI is InChI=1S/C18H24O10P2S/c1-23-13-7-9-17(15(11-13)29(19,25-3)26-4)31(21,22)18-10-8-14(24-2)12-16(18)30(20,27-5)28-6/h7-12H,1-6H3. The maximum Gasteiger partial charge on any atom is 0.362 e. The van der Waals surface area contributed by atoms with Crippen LogP contribution < -0.4 is 20.1 Å². The first-order chi connectivity index (χ1) is 14.6. The van der Waals surface area contributed by atoms with Crippen molar-refractivity contribution < 1.29 is 45.1 Å². The third-order valence-electron chi connectivity index (χ3n) is 4.46. The zero-order valence-corrected chi connectivity index (χ0v) is 20.5. The van der Waals surface area contributed by atoms with E-state index in [1.54, 1.807) is 0 Å². The van der Waals surface area contributed by atoms with Crippen LogP contribution in [0, 0.1) is 0 Å². The van der Waals surface area contributed by atoms with E-state index in [-0.39, 0.29) is 31.9 Å². The second-order valence-corrected chi connectivity index (χ2v) is 12.2. The van der Waals surface area contributed by atoms with Crippen LogP contribution in [0.5, 0.6) is 11.5 Å². The van der Waals surface area contributed by atoms with E-state index in [9.17, 15) is 17.5 Å². The molecule has 0 spiro atoms. The fourth-order valence-electron chi connectivity index (χ4n) is 2.79. The molecule has 0 fully saturated rings.